The van der Waals surface area contributed by atoms with Gasteiger partial charge in [0.1, 0.15) is 5.76 Å². The van der Waals surface area contributed by atoms with Gasteiger partial charge in [0, 0.05) is 11.4 Å². The lowest BCUT2D eigenvalue weighted by Crippen LogP contribution is -2.43. The molecule has 4 heteroatoms. The summed E-state index contributed by atoms with van der Waals surface area (Å²) in [6, 6.07) is 3.63. The minimum atomic E-state index is -0.140. The van der Waals surface area contributed by atoms with Gasteiger partial charge in [-0.2, -0.15) is 0 Å². The van der Waals surface area contributed by atoms with E-state index in [1.54, 1.807) is 12.1 Å². The van der Waals surface area contributed by atoms with Gasteiger partial charge in [-0.05, 0) is 30.9 Å². The lowest BCUT2D eigenvalue weighted by molar-refractivity contribution is 0.0871. The van der Waals surface area contributed by atoms with Gasteiger partial charge >= 0.3 is 0 Å². The van der Waals surface area contributed by atoms with Crippen molar-refractivity contribution < 1.29 is 9.21 Å². The van der Waals surface area contributed by atoms with E-state index in [1.807, 2.05) is 6.92 Å². The van der Waals surface area contributed by atoms with E-state index in [4.69, 9.17) is 4.42 Å². The standard InChI is InChI=1S/C13H20BrNO2/c1-9-5-6-10(17-9)12(16)15-11(7-8-14)13(2,3)4/h5-6,11H,7-8H2,1-4H3,(H,15,16). The topological polar surface area (TPSA) is 42.2 Å². The predicted molar refractivity (Wildman–Crippen MR) is 72.6 cm³/mol. The highest BCUT2D eigenvalue weighted by molar-refractivity contribution is 9.09. The smallest absolute Gasteiger partial charge is 0.287 e. The second-order valence-electron chi connectivity index (χ2n) is 5.28. The molecule has 0 aliphatic rings. The van der Waals surface area contributed by atoms with E-state index in [2.05, 4.69) is 42.0 Å². The van der Waals surface area contributed by atoms with Gasteiger partial charge in [-0.15, -0.1) is 0 Å². The Morgan fingerprint density at radius 2 is 2.12 bits per heavy atom. The van der Waals surface area contributed by atoms with Crippen LogP contribution in [0.5, 0.6) is 0 Å². The molecule has 1 unspecified atom stereocenters. The summed E-state index contributed by atoms with van der Waals surface area (Å²) in [5.74, 6) is 0.994. The average Bonchev–Trinajstić information content (AvgIpc) is 2.62. The van der Waals surface area contributed by atoms with Crippen LogP contribution in [0, 0.1) is 12.3 Å². The van der Waals surface area contributed by atoms with Crippen molar-refractivity contribution in [1.82, 2.24) is 5.32 Å². The Hall–Kier alpha value is -0.770. The summed E-state index contributed by atoms with van der Waals surface area (Å²) in [5.41, 5.74) is 0.0328. The zero-order valence-corrected chi connectivity index (χ0v) is 12.4. The molecule has 96 valence electrons. The zero-order valence-electron chi connectivity index (χ0n) is 10.8. The van der Waals surface area contributed by atoms with Crippen molar-refractivity contribution in [1.29, 1.82) is 0 Å². The highest BCUT2D eigenvalue weighted by atomic mass is 79.9. The summed E-state index contributed by atoms with van der Waals surface area (Å²) in [6.45, 7) is 8.19. The molecule has 1 amide bonds. The molecule has 1 N–H and O–H groups in total. The Morgan fingerprint density at radius 1 is 1.47 bits per heavy atom. The number of hydrogen-bond acceptors (Lipinski definition) is 2. The number of halogens is 1. The molecule has 0 aliphatic heterocycles. The molecular weight excluding hydrogens is 282 g/mol. The van der Waals surface area contributed by atoms with Gasteiger partial charge in [-0.25, -0.2) is 0 Å². The van der Waals surface area contributed by atoms with Gasteiger partial charge in [0.05, 0.1) is 0 Å². The van der Waals surface area contributed by atoms with Crippen molar-refractivity contribution >= 4 is 21.8 Å². The maximum absolute atomic E-state index is 12.0. The van der Waals surface area contributed by atoms with E-state index in [-0.39, 0.29) is 17.4 Å². The largest absolute Gasteiger partial charge is 0.456 e. The highest BCUT2D eigenvalue weighted by Crippen LogP contribution is 2.23. The number of hydrogen-bond donors (Lipinski definition) is 1. The van der Waals surface area contributed by atoms with Gasteiger partial charge in [-0.3, -0.25) is 4.79 Å². The van der Waals surface area contributed by atoms with Crippen LogP contribution in [0.15, 0.2) is 16.5 Å². The maximum Gasteiger partial charge on any atom is 0.287 e. The Labute approximate surface area is 111 Å². The number of furan rings is 1. The summed E-state index contributed by atoms with van der Waals surface area (Å²) >= 11 is 3.42. The molecule has 17 heavy (non-hydrogen) atoms. The number of alkyl halides is 1. The minimum absolute atomic E-state index is 0.0328. The first-order chi connectivity index (χ1) is 7.84. The van der Waals surface area contributed by atoms with Crippen LogP contribution in [-0.4, -0.2) is 17.3 Å². The zero-order chi connectivity index (χ0) is 13.1. The van der Waals surface area contributed by atoms with Crippen LogP contribution in [0.2, 0.25) is 0 Å². The van der Waals surface area contributed by atoms with E-state index in [0.717, 1.165) is 17.5 Å². The lowest BCUT2D eigenvalue weighted by Gasteiger charge is -2.30. The summed E-state index contributed by atoms with van der Waals surface area (Å²) < 4.78 is 5.31. The van der Waals surface area contributed by atoms with Crippen LogP contribution in [0.1, 0.15) is 43.5 Å². The second-order valence-corrected chi connectivity index (χ2v) is 6.07. The number of nitrogens with one attached hydrogen (secondary N) is 1. The summed E-state index contributed by atoms with van der Waals surface area (Å²) in [4.78, 5) is 12.0. The Morgan fingerprint density at radius 3 is 2.53 bits per heavy atom. The van der Waals surface area contributed by atoms with Crippen LogP contribution >= 0.6 is 15.9 Å². The van der Waals surface area contributed by atoms with Crippen molar-refractivity contribution in [3.8, 4) is 0 Å². The third-order valence-corrected chi connectivity index (χ3v) is 3.17. The Balaban J connectivity index is 2.71. The minimum Gasteiger partial charge on any atom is -0.456 e. The molecular formula is C13H20BrNO2. The van der Waals surface area contributed by atoms with Crippen LogP contribution < -0.4 is 5.32 Å². The monoisotopic (exact) mass is 301 g/mol. The SMILES string of the molecule is Cc1ccc(C(=O)NC(CCBr)C(C)(C)C)o1. The van der Waals surface area contributed by atoms with E-state index in [0.29, 0.717) is 5.76 Å². The molecule has 0 saturated heterocycles. The fraction of sp³-hybridized carbons (Fsp3) is 0.615. The van der Waals surface area contributed by atoms with Crippen LogP contribution in [0.4, 0.5) is 0 Å². The summed E-state index contributed by atoms with van der Waals surface area (Å²) in [5, 5.41) is 3.89. The van der Waals surface area contributed by atoms with E-state index in [9.17, 15) is 4.79 Å². The summed E-state index contributed by atoms with van der Waals surface area (Å²) in [6.07, 6.45) is 0.898. The predicted octanol–water partition coefficient (Wildman–Crippen LogP) is 3.52. The lowest BCUT2D eigenvalue weighted by atomic mass is 9.85. The van der Waals surface area contributed by atoms with Gasteiger partial charge in [0.25, 0.3) is 5.91 Å². The van der Waals surface area contributed by atoms with Crippen LogP contribution in [0.3, 0.4) is 0 Å². The van der Waals surface area contributed by atoms with Crippen molar-refractivity contribution in [3.63, 3.8) is 0 Å². The third kappa shape index (κ3) is 4.19. The first-order valence-corrected chi connectivity index (χ1v) is 6.90. The van der Waals surface area contributed by atoms with Crippen molar-refractivity contribution in [3.05, 3.63) is 23.7 Å². The molecule has 0 aromatic carbocycles. The Bertz CT molecular complexity index is 379. The van der Waals surface area contributed by atoms with E-state index in [1.165, 1.54) is 0 Å². The van der Waals surface area contributed by atoms with Gasteiger partial charge in [-0.1, -0.05) is 36.7 Å². The number of amides is 1. The number of aryl methyl sites for hydroxylation is 1. The first-order valence-electron chi connectivity index (χ1n) is 5.78. The first kappa shape index (κ1) is 14.3. The molecule has 1 aromatic rings. The highest BCUT2D eigenvalue weighted by Gasteiger charge is 2.26. The van der Waals surface area contributed by atoms with E-state index < -0.39 is 0 Å². The van der Waals surface area contributed by atoms with Crippen LogP contribution in [-0.2, 0) is 0 Å². The molecule has 0 spiro atoms. The van der Waals surface area contributed by atoms with Gasteiger partial charge in [0.15, 0.2) is 5.76 Å². The molecule has 0 radical (unpaired) electrons. The third-order valence-electron chi connectivity index (χ3n) is 2.71. The fourth-order valence-corrected chi connectivity index (χ4v) is 2.07. The van der Waals surface area contributed by atoms with Crippen molar-refractivity contribution in [2.45, 2.75) is 40.2 Å². The molecule has 0 fully saturated rings. The molecule has 0 aliphatic carbocycles. The quantitative estimate of drug-likeness (QED) is 0.865. The van der Waals surface area contributed by atoms with Gasteiger partial charge < -0.3 is 9.73 Å². The van der Waals surface area contributed by atoms with Crippen molar-refractivity contribution in [2.24, 2.45) is 5.41 Å². The second kappa shape index (κ2) is 5.71. The number of carbonyl (C=O) groups is 1. The number of rotatable bonds is 4. The number of carbonyl (C=O) groups excluding carboxylic acids is 1. The van der Waals surface area contributed by atoms with E-state index >= 15 is 0 Å². The molecule has 0 saturated carbocycles. The molecule has 0 bridgehead atoms. The summed E-state index contributed by atoms with van der Waals surface area (Å²) in [7, 11) is 0. The molecule has 1 rings (SSSR count). The molecule has 1 heterocycles. The fourth-order valence-electron chi connectivity index (χ4n) is 1.62. The normalized spacial score (nSPS) is 13.5. The molecule has 1 atom stereocenters. The maximum atomic E-state index is 12.0. The Kier molecular flexibility index (Phi) is 4.80. The van der Waals surface area contributed by atoms with Gasteiger partial charge in [0.2, 0.25) is 0 Å². The molecule has 3 nitrogen and oxygen atoms in total. The average molecular weight is 302 g/mol. The molecule has 1 aromatic heterocycles. The van der Waals surface area contributed by atoms with Crippen LogP contribution in [0.25, 0.3) is 0 Å². The van der Waals surface area contributed by atoms with Crippen molar-refractivity contribution in [2.75, 3.05) is 5.33 Å².